The highest BCUT2D eigenvalue weighted by molar-refractivity contribution is 7.03. The highest BCUT2D eigenvalue weighted by Gasteiger charge is 2.28. The Balaban J connectivity index is 2.11. The second-order valence-electron chi connectivity index (χ2n) is 4.09. The maximum atomic E-state index is 12.3. The third-order valence-corrected chi connectivity index (χ3v) is 3.44. The number of carbonyl (C=O) groups is 1. The molecule has 1 aliphatic heterocycles. The van der Waals surface area contributed by atoms with Gasteiger partial charge < -0.3 is 10.2 Å². The first-order valence-corrected chi connectivity index (χ1v) is 6.45. The fourth-order valence-corrected chi connectivity index (χ4v) is 2.47. The van der Waals surface area contributed by atoms with Crippen molar-refractivity contribution in [1.82, 2.24) is 19.6 Å². The van der Waals surface area contributed by atoms with E-state index in [0.717, 1.165) is 25.0 Å². The van der Waals surface area contributed by atoms with Gasteiger partial charge in [-0.1, -0.05) is 12.2 Å². The Hall–Kier alpha value is -1.27. The summed E-state index contributed by atoms with van der Waals surface area (Å²) in [6, 6.07) is -0.267. The number of carbonyl (C=O) groups excluding carboxylic acids is 1. The van der Waals surface area contributed by atoms with Crippen LogP contribution in [0.4, 0.5) is 0 Å². The highest BCUT2D eigenvalue weighted by atomic mass is 32.1. The van der Waals surface area contributed by atoms with Crippen LogP contribution in [0.3, 0.4) is 0 Å². The first-order chi connectivity index (χ1) is 8.22. The van der Waals surface area contributed by atoms with E-state index in [1.807, 2.05) is 0 Å². The molecule has 2 heterocycles. The van der Waals surface area contributed by atoms with Crippen LogP contribution in [0.15, 0.2) is 17.7 Å². The predicted octanol–water partition coefficient (Wildman–Crippen LogP) is 0.805. The topological polar surface area (TPSA) is 58.1 Å². The summed E-state index contributed by atoms with van der Waals surface area (Å²) >= 11 is 1.31. The van der Waals surface area contributed by atoms with Crippen LogP contribution in [-0.4, -0.2) is 39.8 Å². The molecule has 1 amide bonds. The third kappa shape index (κ3) is 2.70. The Morgan fingerprint density at radius 2 is 2.53 bits per heavy atom. The van der Waals surface area contributed by atoms with Gasteiger partial charge in [-0.25, -0.2) is 4.98 Å². The number of nitrogens with zero attached hydrogens (tertiary/aromatic N) is 3. The normalized spacial score (nSPS) is 21.7. The lowest BCUT2D eigenvalue weighted by molar-refractivity contribution is -0.132. The maximum absolute atomic E-state index is 12.3. The smallest absolute Gasteiger partial charge is 0.244 e. The Bertz CT molecular complexity index is 404. The van der Waals surface area contributed by atoms with Crippen molar-refractivity contribution >= 4 is 17.4 Å². The van der Waals surface area contributed by atoms with Crippen LogP contribution in [0.2, 0.25) is 0 Å². The molecule has 0 bridgehead atoms. The van der Waals surface area contributed by atoms with E-state index < -0.39 is 0 Å². The number of nitrogens with one attached hydrogen (secondary N) is 1. The molecule has 17 heavy (non-hydrogen) atoms. The molecule has 1 saturated heterocycles. The van der Waals surface area contributed by atoms with E-state index in [1.54, 1.807) is 17.5 Å². The van der Waals surface area contributed by atoms with Gasteiger partial charge in [-0.3, -0.25) is 4.79 Å². The molecule has 2 rings (SSSR count). The Morgan fingerprint density at radius 1 is 1.71 bits per heavy atom. The van der Waals surface area contributed by atoms with Crippen molar-refractivity contribution in [1.29, 1.82) is 0 Å². The number of aromatic nitrogens is 2. The van der Waals surface area contributed by atoms with Gasteiger partial charge in [-0.05, 0) is 31.4 Å². The summed E-state index contributed by atoms with van der Waals surface area (Å²) in [5, 5.41) is 3.02. The van der Waals surface area contributed by atoms with Gasteiger partial charge in [0.2, 0.25) is 5.91 Å². The molecule has 1 N–H and O–H groups in total. The van der Waals surface area contributed by atoms with Gasteiger partial charge in [0, 0.05) is 6.54 Å². The molecular weight excluding hydrogens is 236 g/mol. The first kappa shape index (κ1) is 12.2. The minimum absolute atomic E-state index is 0.0739. The number of amides is 1. The molecule has 0 spiro atoms. The summed E-state index contributed by atoms with van der Waals surface area (Å²) in [7, 11) is 1.79. The summed E-state index contributed by atoms with van der Waals surface area (Å²) in [5.41, 5.74) is 2.65. The molecule has 1 aliphatic rings. The highest BCUT2D eigenvalue weighted by Crippen LogP contribution is 2.17. The van der Waals surface area contributed by atoms with Gasteiger partial charge in [-0.15, -0.1) is 0 Å². The largest absolute Gasteiger partial charge is 0.333 e. The monoisotopic (exact) mass is 252 g/mol. The van der Waals surface area contributed by atoms with Crippen molar-refractivity contribution in [2.75, 3.05) is 13.6 Å². The van der Waals surface area contributed by atoms with Crippen LogP contribution in [0.25, 0.3) is 0 Å². The molecule has 5 nitrogen and oxygen atoms in total. The van der Waals surface area contributed by atoms with Crippen LogP contribution in [0.5, 0.6) is 0 Å². The molecular formula is C11H16N4OS. The van der Waals surface area contributed by atoms with Gasteiger partial charge in [-0.2, -0.15) is 4.37 Å². The van der Waals surface area contributed by atoms with Gasteiger partial charge in [0.15, 0.2) is 5.82 Å². The number of hydrogen-bond donors (Lipinski definition) is 1. The van der Waals surface area contributed by atoms with E-state index in [0.29, 0.717) is 12.4 Å². The molecule has 1 aromatic rings. The minimum Gasteiger partial charge on any atom is -0.333 e. The molecule has 1 unspecified atom stereocenters. The molecule has 0 aliphatic carbocycles. The standard InChI is InChI=1S/C11H16N4OS/c1-8-4-3-5-15(11(16)10(8)12-2)6-9-13-7-17-14-9/h7,10,12H,1,3-6H2,2H3. The Labute approximate surface area is 105 Å². The summed E-state index contributed by atoms with van der Waals surface area (Å²) in [4.78, 5) is 18.2. The Morgan fingerprint density at radius 3 is 3.18 bits per heavy atom. The number of likely N-dealkylation sites (N-methyl/N-ethyl adjacent to an activating group) is 1. The van der Waals surface area contributed by atoms with Crippen LogP contribution in [-0.2, 0) is 11.3 Å². The molecule has 1 fully saturated rings. The van der Waals surface area contributed by atoms with Crippen molar-refractivity contribution < 1.29 is 4.79 Å². The molecule has 1 aromatic heterocycles. The van der Waals surface area contributed by atoms with Crippen molar-refractivity contribution in [3.8, 4) is 0 Å². The lowest BCUT2D eigenvalue weighted by Gasteiger charge is -2.23. The summed E-state index contributed by atoms with van der Waals surface area (Å²) in [6.07, 6.45) is 1.84. The molecule has 6 heteroatoms. The number of rotatable bonds is 3. The number of likely N-dealkylation sites (tertiary alicyclic amines) is 1. The lowest BCUT2D eigenvalue weighted by atomic mass is 10.1. The first-order valence-electron chi connectivity index (χ1n) is 5.61. The summed E-state index contributed by atoms with van der Waals surface area (Å²) < 4.78 is 4.14. The lowest BCUT2D eigenvalue weighted by Crippen LogP contribution is -2.44. The molecule has 92 valence electrons. The SMILES string of the molecule is C=C1CCCN(Cc2ncsn2)C(=O)C1NC. The van der Waals surface area contributed by atoms with E-state index in [9.17, 15) is 4.79 Å². The van der Waals surface area contributed by atoms with Crippen molar-refractivity contribution in [2.45, 2.75) is 25.4 Å². The van der Waals surface area contributed by atoms with Gasteiger partial charge >= 0.3 is 0 Å². The van der Waals surface area contributed by atoms with E-state index in [1.165, 1.54) is 11.5 Å². The predicted molar refractivity (Wildman–Crippen MR) is 66.5 cm³/mol. The third-order valence-electron chi connectivity index (χ3n) is 2.92. The fourth-order valence-electron chi connectivity index (χ4n) is 2.03. The zero-order valence-corrected chi connectivity index (χ0v) is 10.7. The van der Waals surface area contributed by atoms with Gasteiger partial charge in [0.25, 0.3) is 0 Å². The average molecular weight is 252 g/mol. The molecule has 0 aromatic carbocycles. The van der Waals surface area contributed by atoms with Gasteiger partial charge in [0.1, 0.15) is 11.6 Å². The quantitative estimate of drug-likeness (QED) is 0.809. The van der Waals surface area contributed by atoms with Crippen molar-refractivity contribution in [3.05, 3.63) is 23.5 Å². The summed E-state index contributed by atoms with van der Waals surface area (Å²) in [5.74, 6) is 0.788. The molecule has 1 atom stereocenters. The van der Waals surface area contributed by atoms with E-state index in [4.69, 9.17) is 0 Å². The zero-order valence-electron chi connectivity index (χ0n) is 9.85. The van der Waals surface area contributed by atoms with Crippen LogP contribution in [0, 0.1) is 0 Å². The van der Waals surface area contributed by atoms with Crippen LogP contribution in [0.1, 0.15) is 18.7 Å². The second kappa shape index (κ2) is 5.37. The second-order valence-corrected chi connectivity index (χ2v) is 4.69. The average Bonchev–Trinajstić information content (AvgIpc) is 2.76. The van der Waals surface area contributed by atoms with Crippen LogP contribution >= 0.6 is 11.5 Å². The number of hydrogen-bond acceptors (Lipinski definition) is 5. The fraction of sp³-hybridized carbons (Fsp3) is 0.545. The van der Waals surface area contributed by atoms with Crippen molar-refractivity contribution in [3.63, 3.8) is 0 Å². The van der Waals surface area contributed by atoms with Gasteiger partial charge in [0.05, 0.1) is 6.54 Å². The van der Waals surface area contributed by atoms with Crippen LogP contribution < -0.4 is 5.32 Å². The minimum atomic E-state index is -0.267. The van der Waals surface area contributed by atoms with Crippen molar-refractivity contribution in [2.24, 2.45) is 0 Å². The zero-order chi connectivity index (χ0) is 12.3. The van der Waals surface area contributed by atoms with E-state index in [-0.39, 0.29) is 11.9 Å². The van der Waals surface area contributed by atoms with E-state index in [2.05, 4.69) is 21.3 Å². The Kier molecular flexibility index (Phi) is 3.86. The molecule has 0 radical (unpaired) electrons. The summed E-state index contributed by atoms with van der Waals surface area (Å²) in [6.45, 7) is 5.21. The molecule has 0 saturated carbocycles. The van der Waals surface area contributed by atoms with E-state index >= 15 is 0 Å². The maximum Gasteiger partial charge on any atom is 0.244 e.